The summed E-state index contributed by atoms with van der Waals surface area (Å²) < 4.78 is 41.4. The van der Waals surface area contributed by atoms with Gasteiger partial charge in [-0.15, -0.1) is 0 Å². The highest BCUT2D eigenvalue weighted by Crippen LogP contribution is 2.30. The minimum Gasteiger partial charge on any atom is -0.497 e. The van der Waals surface area contributed by atoms with E-state index in [-0.39, 0.29) is 24.3 Å². The van der Waals surface area contributed by atoms with E-state index in [0.29, 0.717) is 5.75 Å². The van der Waals surface area contributed by atoms with E-state index in [0.717, 1.165) is 4.31 Å². The Bertz CT molecular complexity index is 729. The average Bonchev–Trinajstić information content (AvgIpc) is 2.66. The van der Waals surface area contributed by atoms with Gasteiger partial charge in [-0.3, -0.25) is 9.59 Å². The number of benzene rings is 1. The molecule has 2 atom stereocenters. The minimum absolute atomic E-state index is 0.0217. The summed E-state index contributed by atoms with van der Waals surface area (Å²) in [5.41, 5.74) is 0. The maximum Gasteiger partial charge on any atom is 0.324 e. The quantitative estimate of drug-likeness (QED) is 0.706. The van der Waals surface area contributed by atoms with Crippen molar-refractivity contribution >= 4 is 22.0 Å². The van der Waals surface area contributed by atoms with E-state index in [9.17, 15) is 18.0 Å². The van der Waals surface area contributed by atoms with Crippen LogP contribution in [0.25, 0.3) is 0 Å². The Kier molecular flexibility index (Phi) is 6.02. The van der Waals surface area contributed by atoms with Gasteiger partial charge < -0.3 is 14.2 Å². The van der Waals surface area contributed by atoms with E-state index in [1.807, 2.05) is 0 Å². The van der Waals surface area contributed by atoms with Crippen molar-refractivity contribution in [3.05, 3.63) is 24.3 Å². The van der Waals surface area contributed by atoms with Crippen LogP contribution in [0.15, 0.2) is 29.2 Å². The second kappa shape index (κ2) is 7.83. The highest BCUT2D eigenvalue weighted by molar-refractivity contribution is 7.89. The number of esters is 2. The lowest BCUT2D eigenvalue weighted by Gasteiger charge is -2.35. The van der Waals surface area contributed by atoms with E-state index >= 15 is 0 Å². The summed E-state index contributed by atoms with van der Waals surface area (Å²) >= 11 is 0. The van der Waals surface area contributed by atoms with Gasteiger partial charge in [-0.05, 0) is 37.1 Å². The maximum atomic E-state index is 12.9. The third-order valence-electron chi connectivity index (χ3n) is 4.23. The van der Waals surface area contributed by atoms with Gasteiger partial charge in [0.15, 0.2) is 0 Å². The second-order valence-corrected chi connectivity index (χ2v) is 7.47. The van der Waals surface area contributed by atoms with E-state index < -0.39 is 33.9 Å². The van der Waals surface area contributed by atoms with Crippen LogP contribution in [0.3, 0.4) is 0 Å². The Morgan fingerprint density at radius 3 is 2.16 bits per heavy atom. The van der Waals surface area contributed by atoms with Crippen LogP contribution in [0.2, 0.25) is 0 Å². The van der Waals surface area contributed by atoms with Crippen LogP contribution in [0.4, 0.5) is 0 Å². The molecule has 0 radical (unpaired) electrons. The summed E-state index contributed by atoms with van der Waals surface area (Å²) in [4.78, 5) is 23.9. The first-order chi connectivity index (χ1) is 11.8. The van der Waals surface area contributed by atoms with Gasteiger partial charge in [0.2, 0.25) is 10.0 Å². The van der Waals surface area contributed by atoms with Crippen molar-refractivity contribution in [1.82, 2.24) is 4.31 Å². The molecule has 1 saturated heterocycles. The number of methoxy groups -OCH3 is 3. The summed E-state index contributed by atoms with van der Waals surface area (Å²) in [6.45, 7) is 0.0217. The zero-order valence-corrected chi connectivity index (χ0v) is 15.1. The monoisotopic (exact) mass is 371 g/mol. The molecule has 2 unspecified atom stereocenters. The first-order valence-electron chi connectivity index (χ1n) is 7.66. The number of carbonyl (C=O) groups excluding carboxylic acids is 2. The topological polar surface area (TPSA) is 99.2 Å². The summed E-state index contributed by atoms with van der Waals surface area (Å²) in [7, 11) is 0.000899. The van der Waals surface area contributed by atoms with Crippen LogP contribution in [0, 0.1) is 5.92 Å². The van der Waals surface area contributed by atoms with Crippen LogP contribution in [0.1, 0.15) is 12.8 Å². The normalized spacial score (nSPS) is 21.4. The van der Waals surface area contributed by atoms with Gasteiger partial charge in [0.05, 0.1) is 32.1 Å². The van der Waals surface area contributed by atoms with Crippen LogP contribution in [-0.4, -0.2) is 58.6 Å². The molecular formula is C16H21NO7S. The molecule has 25 heavy (non-hydrogen) atoms. The molecule has 1 aromatic rings. The molecule has 8 nitrogen and oxygen atoms in total. The summed E-state index contributed by atoms with van der Waals surface area (Å²) in [5.74, 6) is -1.19. The van der Waals surface area contributed by atoms with Gasteiger partial charge in [0.1, 0.15) is 11.8 Å². The Labute approximate surface area is 146 Å². The molecule has 1 heterocycles. The van der Waals surface area contributed by atoms with Gasteiger partial charge in [-0.25, -0.2) is 8.42 Å². The molecule has 0 aromatic heterocycles. The molecule has 1 fully saturated rings. The van der Waals surface area contributed by atoms with Crippen molar-refractivity contribution in [2.45, 2.75) is 23.8 Å². The molecule has 0 saturated carbocycles. The molecule has 0 aliphatic carbocycles. The molecule has 1 aromatic carbocycles. The number of hydrogen-bond acceptors (Lipinski definition) is 7. The third kappa shape index (κ3) is 3.93. The predicted octanol–water partition coefficient (Wildman–Crippen LogP) is 0.810. The highest BCUT2D eigenvalue weighted by Gasteiger charge is 2.43. The van der Waals surface area contributed by atoms with E-state index in [4.69, 9.17) is 14.2 Å². The number of ether oxygens (including phenoxy) is 3. The molecule has 0 N–H and O–H groups in total. The lowest BCUT2D eigenvalue weighted by atomic mass is 9.92. The van der Waals surface area contributed by atoms with Crippen molar-refractivity contribution < 1.29 is 32.2 Å². The largest absolute Gasteiger partial charge is 0.497 e. The fraction of sp³-hybridized carbons (Fsp3) is 0.500. The molecule has 0 bridgehead atoms. The summed E-state index contributed by atoms with van der Waals surface area (Å²) in [6, 6.07) is 4.81. The van der Waals surface area contributed by atoms with E-state index in [1.54, 1.807) is 0 Å². The number of nitrogens with zero attached hydrogens (tertiary/aromatic N) is 1. The van der Waals surface area contributed by atoms with Gasteiger partial charge in [-0.2, -0.15) is 4.31 Å². The van der Waals surface area contributed by atoms with Gasteiger partial charge in [0, 0.05) is 6.54 Å². The third-order valence-corrected chi connectivity index (χ3v) is 6.15. The first-order valence-corrected chi connectivity index (χ1v) is 9.10. The van der Waals surface area contributed by atoms with Crippen molar-refractivity contribution in [2.75, 3.05) is 27.9 Å². The van der Waals surface area contributed by atoms with Crippen LogP contribution >= 0.6 is 0 Å². The standard InChI is InChI=1S/C16H21NO7S/c1-22-12-4-6-13(7-5-12)25(20,21)17-9-8-11(15(18)23-2)10-14(17)16(19)24-3/h4-7,11,14H,8-10H2,1-3H3. The number of carbonyl (C=O) groups is 2. The molecule has 2 rings (SSSR count). The van der Waals surface area contributed by atoms with Gasteiger partial charge >= 0.3 is 11.9 Å². The number of piperidine rings is 1. The summed E-state index contributed by atoms with van der Waals surface area (Å²) in [6.07, 6.45) is 0.296. The number of sulfonamides is 1. The lowest BCUT2D eigenvalue weighted by Crippen LogP contribution is -2.51. The van der Waals surface area contributed by atoms with Crippen molar-refractivity contribution in [2.24, 2.45) is 5.92 Å². The Hall–Kier alpha value is -2.13. The number of hydrogen-bond donors (Lipinski definition) is 0. The SMILES string of the molecule is COC(=O)C1CCN(S(=O)(=O)c2ccc(OC)cc2)C(C(=O)OC)C1. The van der Waals surface area contributed by atoms with Crippen molar-refractivity contribution in [1.29, 1.82) is 0 Å². The predicted molar refractivity (Wildman–Crippen MR) is 87.4 cm³/mol. The van der Waals surface area contributed by atoms with Crippen molar-refractivity contribution in [3.63, 3.8) is 0 Å². The van der Waals surface area contributed by atoms with Gasteiger partial charge in [0.25, 0.3) is 0 Å². The fourth-order valence-electron chi connectivity index (χ4n) is 2.85. The molecular weight excluding hydrogens is 350 g/mol. The van der Waals surface area contributed by atoms with Gasteiger partial charge in [-0.1, -0.05) is 0 Å². The van der Waals surface area contributed by atoms with Crippen LogP contribution in [-0.2, 0) is 29.1 Å². The Balaban J connectivity index is 2.33. The Morgan fingerprint density at radius 2 is 1.64 bits per heavy atom. The zero-order valence-electron chi connectivity index (χ0n) is 14.3. The van der Waals surface area contributed by atoms with Crippen LogP contribution < -0.4 is 4.74 Å². The lowest BCUT2D eigenvalue weighted by molar-refractivity contribution is -0.152. The maximum absolute atomic E-state index is 12.9. The van der Waals surface area contributed by atoms with Crippen LogP contribution in [0.5, 0.6) is 5.75 Å². The zero-order chi connectivity index (χ0) is 18.6. The molecule has 1 aliphatic rings. The second-order valence-electron chi connectivity index (χ2n) is 5.57. The van der Waals surface area contributed by atoms with E-state index in [1.165, 1.54) is 45.6 Å². The van der Waals surface area contributed by atoms with Crippen molar-refractivity contribution in [3.8, 4) is 5.75 Å². The average molecular weight is 371 g/mol. The molecule has 9 heteroatoms. The smallest absolute Gasteiger partial charge is 0.324 e. The van der Waals surface area contributed by atoms with E-state index in [2.05, 4.69) is 0 Å². The molecule has 138 valence electrons. The molecule has 0 amide bonds. The number of rotatable bonds is 5. The summed E-state index contributed by atoms with van der Waals surface area (Å²) in [5, 5.41) is 0. The molecule has 1 aliphatic heterocycles. The molecule has 0 spiro atoms. The highest BCUT2D eigenvalue weighted by atomic mass is 32.2. The minimum atomic E-state index is -3.92. The fourth-order valence-corrected chi connectivity index (χ4v) is 4.45. The Morgan fingerprint density at radius 1 is 1.04 bits per heavy atom. The first kappa shape index (κ1) is 19.2.